The summed E-state index contributed by atoms with van der Waals surface area (Å²) in [6.07, 6.45) is 10.8. The lowest BCUT2D eigenvalue weighted by Crippen LogP contribution is -2.20. The van der Waals surface area contributed by atoms with Gasteiger partial charge < -0.3 is 22.7 Å². The number of allylic oxidation sites excluding steroid dienone is 5. The van der Waals surface area contributed by atoms with E-state index in [1.165, 1.54) is 27.6 Å². The van der Waals surface area contributed by atoms with Crippen molar-refractivity contribution >= 4 is 99.7 Å². The zero-order valence-corrected chi connectivity index (χ0v) is 37.2. The summed E-state index contributed by atoms with van der Waals surface area (Å²) in [5.41, 5.74) is 17.1. The average molecular weight is 865 g/mol. The molecule has 0 saturated heterocycles. The fraction of sp³-hybridized carbons (Fsp3) is 0.0968. The smallest absolute Gasteiger partial charge is 0.159 e. The van der Waals surface area contributed by atoms with E-state index in [2.05, 4.69) is 211 Å². The quantitative estimate of drug-likeness (QED) is 0.167. The zero-order chi connectivity index (χ0) is 44.3. The summed E-state index contributed by atoms with van der Waals surface area (Å²) in [6.45, 7) is 4.63. The van der Waals surface area contributed by atoms with Crippen molar-refractivity contribution in [3.05, 3.63) is 211 Å². The van der Waals surface area contributed by atoms with Crippen molar-refractivity contribution in [2.45, 2.75) is 32.6 Å². The molecule has 2 unspecified atom stereocenters. The highest BCUT2D eigenvalue weighted by Crippen LogP contribution is 2.48. The SMILES string of the molecule is CC1CC(N(c2ccc(-c3cccc4c5c(oc34)C=CCC5C)cc2)c2cccc3c2oc2c3ccc3c2c2ccccc2n3-c2ccccc2)=CC=C1c1cccc2c1oc1ccccc12. The van der Waals surface area contributed by atoms with Gasteiger partial charge in [0.15, 0.2) is 5.58 Å². The Bertz CT molecular complexity index is 4080. The van der Waals surface area contributed by atoms with Gasteiger partial charge in [0, 0.05) is 66.1 Å². The van der Waals surface area contributed by atoms with E-state index in [-0.39, 0.29) is 5.92 Å². The predicted octanol–water partition coefficient (Wildman–Crippen LogP) is 17.7. The molecule has 0 radical (unpaired) electrons. The van der Waals surface area contributed by atoms with Crippen molar-refractivity contribution < 1.29 is 13.3 Å². The molecule has 2 atom stereocenters. The maximum absolute atomic E-state index is 7.30. The van der Waals surface area contributed by atoms with E-state index in [9.17, 15) is 0 Å². The predicted molar refractivity (Wildman–Crippen MR) is 277 cm³/mol. The first kappa shape index (κ1) is 38.0. The van der Waals surface area contributed by atoms with Gasteiger partial charge in [0.25, 0.3) is 0 Å². The van der Waals surface area contributed by atoms with Crippen LogP contribution in [0.3, 0.4) is 0 Å². The third kappa shape index (κ3) is 5.67. The van der Waals surface area contributed by atoms with Gasteiger partial charge in [0.1, 0.15) is 28.1 Å². The Balaban J connectivity index is 0.959. The number of anilines is 2. The molecule has 5 heteroatoms. The lowest BCUT2D eigenvalue weighted by molar-refractivity contribution is 0.587. The Kier molecular flexibility index (Phi) is 8.30. The molecule has 0 spiro atoms. The summed E-state index contributed by atoms with van der Waals surface area (Å²) >= 11 is 0. The first-order chi connectivity index (χ1) is 33.1. The van der Waals surface area contributed by atoms with Gasteiger partial charge in [-0.2, -0.15) is 0 Å². The van der Waals surface area contributed by atoms with Crippen LogP contribution in [0.25, 0.3) is 105 Å². The van der Waals surface area contributed by atoms with Crippen LogP contribution in [0.2, 0.25) is 0 Å². The summed E-state index contributed by atoms with van der Waals surface area (Å²) in [7, 11) is 0. The van der Waals surface area contributed by atoms with Crippen LogP contribution in [0, 0.1) is 5.92 Å². The second-order valence-corrected chi connectivity index (χ2v) is 18.4. The minimum absolute atomic E-state index is 0.193. The van der Waals surface area contributed by atoms with Crippen LogP contribution in [-0.2, 0) is 0 Å². The topological polar surface area (TPSA) is 47.6 Å². The maximum Gasteiger partial charge on any atom is 0.159 e. The number of nitrogens with zero attached hydrogens (tertiary/aromatic N) is 2. The number of benzene rings is 8. The van der Waals surface area contributed by atoms with Crippen molar-refractivity contribution in [2.24, 2.45) is 5.92 Å². The second-order valence-electron chi connectivity index (χ2n) is 18.4. The molecule has 2 aliphatic rings. The Hall–Kier alpha value is -8.28. The van der Waals surface area contributed by atoms with Crippen molar-refractivity contribution in [2.75, 3.05) is 4.90 Å². The third-order valence-corrected chi connectivity index (χ3v) is 14.5. The normalized spacial score (nSPS) is 16.2. The van der Waals surface area contributed by atoms with Crippen LogP contribution in [0.1, 0.15) is 49.5 Å². The van der Waals surface area contributed by atoms with Crippen molar-refractivity contribution in [3.8, 4) is 16.8 Å². The number of hydrogen-bond donors (Lipinski definition) is 0. The molecule has 0 bridgehead atoms. The molecule has 0 amide bonds. The van der Waals surface area contributed by atoms with Crippen LogP contribution in [0.5, 0.6) is 0 Å². The molecule has 4 aromatic heterocycles. The van der Waals surface area contributed by atoms with Gasteiger partial charge in [-0.15, -0.1) is 0 Å². The van der Waals surface area contributed by atoms with Gasteiger partial charge in [0.2, 0.25) is 0 Å². The van der Waals surface area contributed by atoms with E-state index < -0.39 is 0 Å². The van der Waals surface area contributed by atoms with E-state index in [4.69, 9.17) is 13.3 Å². The van der Waals surface area contributed by atoms with Gasteiger partial charge in [-0.05, 0) is 103 Å². The van der Waals surface area contributed by atoms with E-state index in [0.717, 1.165) is 118 Å². The van der Waals surface area contributed by atoms with Crippen LogP contribution in [0.4, 0.5) is 11.4 Å². The number of rotatable bonds is 6. The number of fused-ring (bicyclic) bond motifs is 13. The molecule has 0 saturated carbocycles. The first-order valence-electron chi connectivity index (χ1n) is 23.4. The zero-order valence-electron chi connectivity index (χ0n) is 37.2. The summed E-state index contributed by atoms with van der Waals surface area (Å²) in [4.78, 5) is 2.42. The monoisotopic (exact) mass is 864 g/mol. The molecular formula is C62H44N2O3. The van der Waals surface area contributed by atoms with Crippen LogP contribution >= 0.6 is 0 Å². The lowest BCUT2D eigenvalue weighted by atomic mass is 9.85. The highest BCUT2D eigenvalue weighted by Gasteiger charge is 2.29. The molecule has 4 heterocycles. The largest absolute Gasteiger partial charge is 0.456 e. The Morgan fingerprint density at radius 1 is 0.507 bits per heavy atom. The summed E-state index contributed by atoms with van der Waals surface area (Å²) in [6, 6.07) is 60.8. The van der Waals surface area contributed by atoms with Crippen molar-refractivity contribution in [1.82, 2.24) is 4.57 Å². The van der Waals surface area contributed by atoms with Crippen LogP contribution in [-0.4, -0.2) is 4.57 Å². The Morgan fingerprint density at radius 3 is 2.06 bits per heavy atom. The molecule has 0 aliphatic heterocycles. The third-order valence-electron chi connectivity index (χ3n) is 14.5. The molecule has 8 aromatic carbocycles. The van der Waals surface area contributed by atoms with Gasteiger partial charge in [0.05, 0.1) is 22.1 Å². The first-order valence-corrected chi connectivity index (χ1v) is 23.4. The molecule has 67 heavy (non-hydrogen) atoms. The van der Waals surface area contributed by atoms with E-state index >= 15 is 0 Å². The molecule has 2 aliphatic carbocycles. The van der Waals surface area contributed by atoms with Crippen molar-refractivity contribution in [3.63, 3.8) is 0 Å². The van der Waals surface area contributed by atoms with Crippen LogP contribution < -0.4 is 4.90 Å². The molecule has 14 rings (SSSR count). The highest BCUT2D eigenvalue weighted by atomic mass is 16.3. The van der Waals surface area contributed by atoms with E-state index in [1.54, 1.807) is 0 Å². The fourth-order valence-electron chi connectivity index (χ4n) is 11.4. The van der Waals surface area contributed by atoms with Gasteiger partial charge in [-0.1, -0.05) is 141 Å². The number of hydrogen-bond acceptors (Lipinski definition) is 4. The molecule has 0 fully saturated rings. The fourth-order valence-corrected chi connectivity index (χ4v) is 11.4. The standard InChI is InChI=1S/C62H44N2O3/c1-37-14-10-27-56-57(37)51-23-11-19-44(59(51)66-56)39-28-30-41(31-29-39)63(42-32-33-43(38(2)36-42)46-20-12-21-47-45-17-7-9-26-55(45)65-60(46)47)54-25-13-22-48-49-34-35-53-58(62(49)67-61(48)54)50-18-6-8-24-52(50)64(53)40-15-4-3-5-16-40/h3-13,15-35,37-38H,14,36H2,1-2H3. The second kappa shape index (κ2) is 14.6. The average Bonchev–Trinajstić information content (AvgIpc) is 4.14. The summed E-state index contributed by atoms with van der Waals surface area (Å²) < 4.78 is 22.8. The minimum atomic E-state index is 0.193. The Labute approximate surface area is 386 Å². The summed E-state index contributed by atoms with van der Waals surface area (Å²) in [5, 5.41) is 7.96. The summed E-state index contributed by atoms with van der Waals surface area (Å²) in [5.74, 6) is 1.59. The number of aromatic nitrogens is 1. The van der Waals surface area contributed by atoms with Crippen LogP contribution in [0.15, 0.2) is 207 Å². The molecular weight excluding hydrogens is 821 g/mol. The van der Waals surface area contributed by atoms with E-state index in [1.807, 2.05) is 6.07 Å². The molecule has 12 aromatic rings. The molecule has 320 valence electrons. The van der Waals surface area contributed by atoms with E-state index in [0.29, 0.717) is 5.92 Å². The lowest BCUT2D eigenvalue weighted by Gasteiger charge is -2.32. The van der Waals surface area contributed by atoms with Gasteiger partial charge in [-0.25, -0.2) is 0 Å². The molecule has 5 nitrogen and oxygen atoms in total. The Morgan fingerprint density at radius 2 is 1.21 bits per heavy atom. The maximum atomic E-state index is 7.30. The minimum Gasteiger partial charge on any atom is -0.456 e. The van der Waals surface area contributed by atoms with Crippen molar-refractivity contribution in [1.29, 1.82) is 0 Å². The number of para-hydroxylation sites is 6. The highest BCUT2D eigenvalue weighted by molar-refractivity contribution is 6.25. The van der Waals surface area contributed by atoms with Gasteiger partial charge >= 0.3 is 0 Å². The van der Waals surface area contributed by atoms with Gasteiger partial charge in [-0.3, -0.25) is 0 Å². The molecule has 0 N–H and O–H groups in total. The number of furan rings is 3.